The minimum Gasteiger partial charge on any atom is -0.325 e. The number of aromatic nitrogens is 2. The topological polar surface area (TPSA) is 29.9 Å². The fourth-order valence-electron chi connectivity index (χ4n) is 2.28. The molecule has 4 heteroatoms. The van der Waals surface area contributed by atoms with Gasteiger partial charge in [0.05, 0.1) is 11.0 Å². The second-order valence-electron chi connectivity index (χ2n) is 4.62. The van der Waals surface area contributed by atoms with Crippen LogP contribution in [0.3, 0.4) is 0 Å². The summed E-state index contributed by atoms with van der Waals surface area (Å²) < 4.78 is 2.39. The van der Waals surface area contributed by atoms with Crippen molar-refractivity contribution in [3.05, 3.63) is 29.0 Å². The zero-order valence-electron chi connectivity index (χ0n) is 9.91. The van der Waals surface area contributed by atoms with E-state index in [9.17, 15) is 0 Å². The number of fused-ring (bicyclic) bond motifs is 1. The lowest BCUT2D eigenvalue weighted by molar-refractivity contribution is 0.670. The predicted octanol–water partition coefficient (Wildman–Crippen LogP) is 2.79. The number of hydrogen-bond donors (Lipinski definition) is 1. The van der Waals surface area contributed by atoms with Crippen molar-refractivity contribution in [2.75, 3.05) is 13.6 Å². The molecule has 0 amide bonds. The Morgan fingerprint density at radius 3 is 3.00 bits per heavy atom. The third-order valence-electron chi connectivity index (χ3n) is 3.24. The van der Waals surface area contributed by atoms with Crippen LogP contribution < -0.4 is 5.32 Å². The number of hydrogen-bond acceptors (Lipinski definition) is 2. The van der Waals surface area contributed by atoms with Gasteiger partial charge in [0.25, 0.3) is 0 Å². The van der Waals surface area contributed by atoms with Gasteiger partial charge in [-0.3, -0.25) is 0 Å². The summed E-state index contributed by atoms with van der Waals surface area (Å²) in [6.45, 7) is 0.962. The molecule has 0 unspecified atom stereocenters. The van der Waals surface area contributed by atoms with Crippen molar-refractivity contribution in [2.24, 2.45) is 0 Å². The summed E-state index contributed by atoms with van der Waals surface area (Å²) in [6.07, 6.45) is 3.53. The molecule has 0 aliphatic heterocycles. The van der Waals surface area contributed by atoms with Crippen LogP contribution >= 0.6 is 11.6 Å². The van der Waals surface area contributed by atoms with E-state index in [1.165, 1.54) is 24.2 Å². The van der Waals surface area contributed by atoms with E-state index in [0.29, 0.717) is 6.04 Å². The second-order valence-corrected chi connectivity index (χ2v) is 5.05. The highest BCUT2D eigenvalue weighted by atomic mass is 35.5. The highest BCUT2D eigenvalue weighted by Crippen LogP contribution is 2.39. The van der Waals surface area contributed by atoms with Gasteiger partial charge < -0.3 is 9.88 Å². The Labute approximate surface area is 106 Å². The van der Waals surface area contributed by atoms with Crippen molar-refractivity contribution < 1.29 is 0 Å². The van der Waals surface area contributed by atoms with Gasteiger partial charge in [-0.1, -0.05) is 11.6 Å². The van der Waals surface area contributed by atoms with E-state index in [0.717, 1.165) is 23.5 Å². The molecule has 1 aliphatic carbocycles. The van der Waals surface area contributed by atoms with Crippen LogP contribution in [0.5, 0.6) is 0 Å². The van der Waals surface area contributed by atoms with Crippen LogP contribution in [0.2, 0.25) is 5.02 Å². The van der Waals surface area contributed by atoms with E-state index in [1.807, 2.05) is 19.2 Å². The van der Waals surface area contributed by atoms with Crippen molar-refractivity contribution in [3.63, 3.8) is 0 Å². The number of halogens is 1. The van der Waals surface area contributed by atoms with Crippen LogP contribution in [0.4, 0.5) is 0 Å². The van der Waals surface area contributed by atoms with Crippen molar-refractivity contribution in [2.45, 2.75) is 25.3 Å². The Kier molecular flexibility index (Phi) is 2.81. The van der Waals surface area contributed by atoms with Gasteiger partial charge in [-0.05, 0) is 38.1 Å². The van der Waals surface area contributed by atoms with E-state index in [4.69, 9.17) is 16.6 Å². The Balaban J connectivity index is 2.09. The molecule has 3 nitrogen and oxygen atoms in total. The van der Waals surface area contributed by atoms with E-state index in [1.54, 1.807) is 0 Å². The quantitative estimate of drug-likeness (QED) is 0.903. The molecule has 3 rings (SSSR count). The second kappa shape index (κ2) is 4.31. The molecule has 90 valence electrons. The minimum atomic E-state index is 0.660. The first-order valence-corrected chi connectivity index (χ1v) is 6.48. The normalized spacial score (nSPS) is 15.6. The summed E-state index contributed by atoms with van der Waals surface area (Å²) in [7, 11) is 1.97. The number of likely N-dealkylation sites (N-methyl/N-ethyl adjacent to an activating group) is 1. The van der Waals surface area contributed by atoms with Gasteiger partial charge in [-0.15, -0.1) is 0 Å². The zero-order chi connectivity index (χ0) is 11.8. The third kappa shape index (κ3) is 2.05. The van der Waals surface area contributed by atoms with Crippen LogP contribution in [-0.2, 0) is 6.42 Å². The summed E-state index contributed by atoms with van der Waals surface area (Å²) in [6, 6.07) is 6.66. The number of imidazole rings is 1. The molecule has 0 atom stereocenters. The summed E-state index contributed by atoms with van der Waals surface area (Å²) in [5.41, 5.74) is 2.25. The van der Waals surface area contributed by atoms with Gasteiger partial charge in [0, 0.05) is 24.0 Å². The molecule has 1 N–H and O–H groups in total. The molecule has 1 heterocycles. The SMILES string of the molecule is CNCCc1nc2cc(Cl)ccc2n1C1CC1. The van der Waals surface area contributed by atoms with Crippen LogP contribution in [0, 0.1) is 0 Å². The van der Waals surface area contributed by atoms with Crippen LogP contribution in [0.15, 0.2) is 18.2 Å². The van der Waals surface area contributed by atoms with Gasteiger partial charge in [0.1, 0.15) is 5.82 Å². The molecule has 2 aromatic rings. The lowest BCUT2D eigenvalue weighted by atomic mass is 10.3. The molecular formula is C13H16ClN3. The summed E-state index contributed by atoms with van der Waals surface area (Å²) in [5, 5.41) is 3.94. The van der Waals surface area contributed by atoms with Gasteiger partial charge in [0.2, 0.25) is 0 Å². The molecule has 0 saturated heterocycles. The van der Waals surface area contributed by atoms with E-state index in [2.05, 4.69) is 16.0 Å². The van der Waals surface area contributed by atoms with Crippen molar-refractivity contribution in [1.29, 1.82) is 0 Å². The lowest BCUT2D eigenvalue weighted by Crippen LogP contribution is -2.13. The molecule has 1 saturated carbocycles. The largest absolute Gasteiger partial charge is 0.325 e. The van der Waals surface area contributed by atoms with E-state index >= 15 is 0 Å². The number of rotatable bonds is 4. The monoisotopic (exact) mass is 249 g/mol. The highest BCUT2D eigenvalue weighted by molar-refractivity contribution is 6.31. The van der Waals surface area contributed by atoms with Crippen molar-refractivity contribution in [1.82, 2.24) is 14.9 Å². The third-order valence-corrected chi connectivity index (χ3v) is 3.47. The average Bonchev–Trinajstić information content (AvgIpc) is 3.08. The Hall–Kier alpha value is -1.06. The Morgan fingerprint density at radius 1 is 1.47 bits per heavy atom. The molecule has 0 bridgehead atoms. The van der Waals surface area contributed by atoms with Gasteiger partial charge >= 0.3 is 0 Å². The maximum absolute atomic E-state index is 6.02. The minimum absolute atomic E-state index is 0.660. The molecule has 17 heavy (non-hydrogen) atoms. The molecule has 1 fully saturated rings. The van der Waals surface area contributed by atoms with Crippen LogP contribution in [0.1, 0.15) is 24.7 Å². The van der Waals surface area contributed by atoms with Crippen molar-refractivity contribution in [3.8, 4) is 0 Å². The highest BCUT2D eigenvalue weighted by Gasteiger charge is 2.27. The average molecular weight is 250 g/mol. The summed E-state index contributed by atoms with van der Waals surface area (Å²) in [5.74, 6) is 1.18. The van der Waals surface area contributed by atoms with Gasteiger partial charge in [-0.25, -0.2) is 4.98 Å². The molecule has 1 aromatic carbocycles. The lowest BCUT2D eigenvalue weighted by Gasteiger charge is -2.07. The molecule has 0 radical (unpaired) electrons. The molecule has 1 aliphatic rings. The van der Waals surface area contributed by atoms with Crippen molar-refractivity contribution >= 4 is 22.6 Å². The molecule has 0 spiro atoms. The molecule has 1 aromatic heterocycles. The van der Waals surface area contributed by atoms with E-state index in [-0.39, 0.29) is 0 Å². The maximum atomic E-state index is 6.02. The fraction of sp³-hybridized carbons (Fsp3) is 0.462. The Morgan fingerprint density at radius 2 is 2.29 bits per heavy atom. The number of benzene rings is 1. The zero-order valence-corrected chi connectivity index (χ0v) is 10.7. The van der Waals surface area contributed by atoms with Crippen LogP contribution in [-0.4, -0.2) is 23.1 Å². The maximum Gasteiger partial charge on any atom is 0.111 e. The van der Waals surface area contributed by atoms with Crippen LogP contribution in [0.25, 0.3) is 11.0 Å². The van der Waals surface area contributed by atoms with Gasteiger partial charge in [-0.2, -0.15) is 0 Å². The Bertz CT molecular complexity index is 543. The first-order chi connectivity index (χ1) is 8.29. The molecular weight excluding hydrogens is 234 g/mol. The first-order valence-electron chi connectivity index (χ1n) is 6.10. The summed E-state index contributed by atoms with van der Waals surface area (Å²) in [4.78, 5) is 4.71. The van der Waals surface area contributed by atoms with E-state index < -0.39 is 0 Å². The summed E-state index contributed by atoms with van der Waals surface area (Å²) >= 11 is 6.02. The first kappa shape index (κ1) is 11.1. The number of nitrogens with zero attached hydrogens (tertiary/aromatic N) is 2. The number of nitrogens with one attached hydrogen (secondary N) is 1. The smallest absolute Gasteiger partial charge is 0.111 e. The van der Waals surface area contributed by atoms with Gasteiger partial charge in [0.15, 0.2) is 0 Å². The fourth-order valence-corrected chi connectivity index (χ4v) is 2.44. The predicted molar refractivity (Wildman–Crippen MR) is 70.6 cm³/mol. The standard InChI is InChI=1S/C13H16ClN3/c1-15-7-6-13-16-11-8-9(14)2-5-12(11)17(13)10-3-4-10/h2,5,8,10,15H,3-4,6-7H2,1H3.